The first-order chi connectivity index (χ1) is 4.83. The summed E-state index contributed by atoms with van der Waals surface area (Å²) in [5.41, 5.74) is 0. The molecule has 0 spiro atoms. The van der Waals surface area contributed by atoms with Crippen molar-refractivity contribution in [1.29, 1.82) is 0 Å². The van der Waals surface area contributed by atoms with Crippen molar-refractivity contribution in [1.82, 2.24) is 0 Å². The van der Waals surface area contributed by atoms with Crippen molar-refractivity contribution >= 4 is 18.0 Å². The third kappa shape index (κ3) is 2.31. The zero-order valence-corrected chi connectivity index (χ0v) is 7.23. The van der Waals surface area contributed by atoms with Crippen LogP contribution in [0, 0.1) is 0 Å². The van der Waals surface area contributed by atoms with Crippen molar-refractivity contribution in [3.05, 3.63) is 0 Å². The van der Waals surface area contributed by atoms with E-state index in [0.29, 0.717) is 0 Å². The molecule has 2 atom stereocenters. The average molecular weight is 159 g/mol. The highest BCUT2D eigenvalue weighted by molar-refractivity contribution is 7.98. The van der Waals surface area contributed by atoms with Crippen LogP contribution in [0.4, 0.5) is 0 Å². The number of hydrogen-bond donors (Lipinski definition) is 0. The summed E-state index contributed by atoms with van der Waals surface area (Å²) in [6.07, 6.45) is 5.39. The van der Waals surface area contributed by atoms with E-state index in [2.05, 4.69) is 11.2 Å². The third-order valence-electron chi connectivity index (χ3n) is 1.40. The topological polar surface area (TPSA) is 21.6 Å². The minimum atomic E-state index is 0.141. The number of rotatable bonds is 3. The Morgan fingerprint density at radius 2 is 2.50 bits per heavy atom. The minimum absolute atomic E-state index is 0.141. The summed E-state index contributed by atoms with van der Waals surface area (Å²) in [5.74, 6) is 1.13. The summed E-state index contributed by atoms with van der Waals surface area (Å²) in [6, 6.07) is 0. The third-order valence-corrected chi connectivity index (χ3v) is 2.05. The van der Waals surface area contributed by atoms with Gasteiger partial charge in [-0.05, 0) is 18.9 Å². The van der Waals surface area contributed by atoms with E-state index in [9.17, 15) is 0 Å². The Balaban J connectivity index is 2.14. The molecule has 0 aromatic carbocycles. The first-order valence-corrected chi connectivity index (χ1v) is 4.90. The fourth-order valence-electron chi connectivity index (χ4n) is 0.896. The molecule has 2 unspecified atom stereocenters. The maximum Gasteiger partial charge on any atom is 0.149 e. The largest absolute Gasteiger partial charge is 0.348 e. The summed E-state index contributed by atoms with van der Waals surface area (Å²) in [7, 11) is 0. The van der Waals surface area contributed by atoms with Crippen LogP contribution in [0.5, 0.6) is 0 Å². The standard InChI is InChI=1S/C7H13NOS/c1-6-5-8-7(9-6)3-4-10-2/h5-7H,3-4H2,1-2H3. The summed E-state index contributed by atoms with van der Waals surface area (Å²) in [5, 5.41) is 0. The predicted molar refractivity (Wildman–Crippen MR) is 45.8 cm³/mol. The Hall–Kier alpha value is -0.0200. The van der Waals surface area contributed by atoms with E-state index >= 15 is 0 Å². The lowest BCUT2D eigenvalue weighted by Gasteiger charge is -2.07. The van der Waals surface area contributed by atoms with E-state index in [-0.39, 0.29) is 12.3 Å². The molecular weight excluding hydrogens is 146 g/mol. The van der Waals surface area contributed by atoms with Crippen LogP contribution < -0.4 is 0 Å². The maximum absolute atomic E-state index is 5.43. The zero-order valence-electron chi connectivity index (χ0n) is 6.41. The fourth-order valence-corrected chi connectivity index (χ4v) is 1.33. The summed E-state index contributed by atoms with van der Waals surface area (Å²) < 4.78 is 5.43. The summed E-state index contributed by atoms with van der Waals surface area (Å²) in [6.45, 7) is 2.02. The monoisotopic (exact) mass is 159 g/mol. The molecule has 0 saturated carbocycles. The molecule has 1 aliphatic rings. The molecule has 3 heteroatoms. The molecule has 0 bridgehead atoms. The lowest BCUT2D eigenvalue weighted by molar-refractivity contribution is 0.0595. The van der Waals surface area contributed by atoms with Crippen molar-refractivity contribution in [2.75, 3.05) is 12.0 Å². The lowest BCUT2D eigenvalue weighted by Crippen LogP contribution is -2.10. The molecule has 0 radical (unpaired) electrons. The Kier molecular flexibility index (Phi) is 3.22. The molecule has 2 nitrogen and oxygen atoms in total. The molecule has 0 saturated heterocycles. The van der Waals surface area contributed by atoms with Crippen molar-refractivity contribution in [3.8, 4) is 0 Å². The molecule has 0 aliphatic carbocycles. The minimum Gasteiger partial charge on any atom is -0.348 e. The Morgan fingerprint density at radius 1 is 1.70 bits per heavy atom. The number of aliphatic imine (C=N–C) groups is 1. The van der Waals surface area contributed by atoms with Gasteiger partial charge in [0.05, 0.1) is 6.10 Å². The van der Waals surface area contributed by atoms with Gasteiger partial charge in [-0.25, -0.2) is 0 Å². The van der Waals surface area contributed by atoms with Crippen LogP contribution in [0.15, 0.2) is 4.99 Å². The van der Waals surface area contributed by atoms with Gasteiger partial charge >= 0.3 is 0 Å². The first kappa shape index (κ1) is 8.08. The molecule has 0 aromatic rings. The van der Waals surface area contributed by atoms with E-state index in [0.717, 1.165) is 12.2 Å². The quantitative estimate of drug-likeness (QED) is 0.623. The highest BCUT2D eigenvalue weighted by atomic mass is 32.2. The molecule has 1 heterocycles. The van der Waals surface area contributed by atoms with Gasteiger partial charge < -0.3 is 4.74 Å². The van der Waals surface area contributed by atoms with Gasteiger partial charge in [-0.15, -0.1) is 0 Å². The number of thioether (sulfide) groups is 1. The van der Waals surface area contributed by atoms with E-state index < -0.39 is 0 Å². The maximum atomic E-state index is 5.43. The molecule has 0 fully saturated rings. The van der Waals surface area contributed by atoms with Crippen LogP contribution in [0.2, 0.25) is 0 Å². The van der Waals surface area contributed by atoms with Crippen LogP contribution in [0.3, 0.4) is 0 Å². The smallest absolute Gasteiger partial charge is 0.149 e. The number of nitrogens with zero attached hydrogens (tertiary/aromatic N) is 1. The molecule has 0 amide bonds. The van der Waals surface area contributed by atoms with Crippen molar-refractivity contribution in [2.24, 2.45) is 4.99 Å². The van der Waals surface area contributed by atoms with Crippen LogP contribution in [0.1, 0.15) is 13.3 Å². The van der Waals surface area contributed by atoms with Crippen molar-refractivity contribution in [3.63, 3.8) is 0 Å². The summed E-state index contributed by atoms with van der Waals surface area (Å²) >= 11 is 1.84. The van der Waals surface area contributed by atoms with E-state index in [1.807, 2.05) is 24.9 Å². The van der Waals surface area contributed by atoms with Crippen LogP contribution in [-0.2, 0) is 4.74 Å². The molecule has 10 heavy (non-hydrogen) atoms. The highest BCUT2D eigenvalue weighted by Crippen LogP contribution is 2.12. The Bertz CT molecular complexity index is 127. The van der Waals surface area contributed by atoms with Gasteiger partial charge in [0.1, 0.15) is 6.23 Å². The van der Waals surface area contributed by atoms with Gasteiger partial charge in [0, 0.05) is 12.6 Å². The second kappa shape index (κ2) is 3.98. The Morgan fingerprint density at radius 3 is 3.00 bits per heavy atom. The second-order valence-electron chi connectivity index (χ2n) is 2.38. The van der Waals surface area contributed by atoms with Crippen molar-refractivity contribution in [2.45, 2.75) is 25.7 Å². The van der Waals surface area contributed by atoms with Gasteiger partial charge in [-0.3, -0.25) is 4.99 Å². The zero-order chi connectivity index (χ0) is 7.40. The van der Waals surface area contributed by atoms with Gasteiger partial charge in [0.2, 0.25) is 0 Å². The van der Waals surface area contributed by atoms with Crippen molar-refractivity contribution < 1.29 is 4.74 Å². The second-order valence-corrected chi connectivity index (χ2v) is 3.36. The normalized spacial score (nSPS) is 31.4. The fraction of sp³-hybridized carbons (Fsp3) is 0.857. The van der Waals surface area contributed by atoms with E-state index in [4.69, 9.17) is 4.74 Å². The molecule has 58 valence electrons. The van der Waals surface area contributed by atoms with Gasteiger partial charge in [-0.1, -0.05) is 0 Å². The van der Waals surface area contributed by atoms with E-state index in [1.165, 1.54) is 0 Å². The molecule has 0 N–H and O–H groups in total. The van der Waals surface area contributed by atoms with Crippen LogP contribution in [-0.4, -0.2) is 30.6 Å². The highest BCUT2D eigenvalue weighted by Gasteiger charge is 2.15. The van der Waals surface area contributed by atoms with Crippen LogP contribution >= 0.6 is 11.8 Å². The molecule has 0 aromatic heterocycles. The SMILES string of the molecule is CSCCC1N=CC(C)O1. The number of ether oxygens (including phenoxy) is 1. The van der Waals surface area contributed by atoms with Gasteiger partial charge in [-0.2, -0.15) is 11.8 Å². The van der Waals surface area contributed by atoms with Gasteiger partial charge in [0.25, 0.3) is 0 Å². The van der Waals surface area contributed by atoms with E-state index in [1.54, 1.807) is 0 Å². The lowest BCUT2D eigenvalue weighted by atomic mass is 10.4. The average Bonchev–Trinajstić information content (AvgIpc) is 2.31. The molecule has 1 aliphatic heterocycles. The van der Waals surface area contributed by atoms with Crippen LogP contribution in [0.25, 0.3) is 0 Å². The predicted octanol–water partition coefficient (Wildman–Crippen LogP) is 1.56. The van der Waals surface area contributed by atoms with Gasteiger partial charge in [0.15, 0.2) is 0 Å². The molecular formula is C7H13NOS. The Labute approximate surface area is 66.1 Å². The molecule has 1 rings (SSSR count). The number of hydrogen-bond acceptors (Lipinski definition) is 3. The summed E-state index contributed by atoms with van der Waals surface area (Å²) in [4.78, 5) is 4.19. The first-order valence-electron chi connectivity index (χ1n) is 3.50.